The molecule has 1 aliphatic rings. The topological polar surface area (TPSA) is 64.0 Å². The molecule has 1 aliphatic carbocycles. The van der Waals surface area contributed by atoms with E-state index in [2.05, 4.69) is 10.3 Å². The summed E-state index contributed by atoms with van der Waals surface area (Å²) in [4.78, 5) is 30.0. The second kappa shape index (κ2) is 5.69. The number of fused-ring (bicyclic) bond motifs is 5. The fourth-order valence-corrected chi connectivity index (χ4v) is 3.45. The Morgan fingerprint density at radius 1 is 1.08 bits per heavy atom. The van der Waals surface area contributed by atoms with Crippen molar-refractivity contribution in [2.45, 2.75) is 13.0 Å². The zero-order valence-electron chi connectivity index (χ0n) is 13.4. The first-order valence-electron chi connectivity index (χ1n) is 8.03. The second-order valence-corrected chi connectivity index (χ2v) is 5.93. The van der Waals surface area contributed by atoms with Crippen molar-refractivity contribution in [1.29, 1.82) is 0 Å². The quantitative estimate of drug-likeness (QED) is 0.586. The van der Waals surface area contributed by atoms with Gasteiger partial charge >= 0.3 is 0 Å². The van der Waals surface area contributed by atoms with Gasteiger partial charge in [0, 0.05) is 35.5 Å². The molecule has 0 amide bonds. The smallest absolute Gasteiger partial charge is 0.260 e. The average molecular weight is 319 g/mol. The Morgan fingerprint density at radius 2 is 1.88 bits per heavy atom. The Morgan fingerprint density at radius 3 is 2.67 bits per heavy atom. The van der Waals surface area contributed by atoms with E-state index in [4.69, 9.17) is 0 Å². The van der Waals surface area contributed by atoms with Crippen LogP contribution in [0.3, 0.4) is 0 Å². The van der Waals surface area contributed by atoms with Crippen molar-refractivity contribution in [3.05, 3.63) is 64.2 Å². The van der Waals surface area contributed by atoms with E-state index < -0.39 is 0 Å². The number of rotatable bonds is 4. The summed E-state index contributed by atoms with van der Waals surface area (Å²) < 4.78 is 1.74. The first-order chi connectivity index (χ1) is 11.7. The highest BCUT2D eigenvalue weighted by Crippen LogP contribution is 2.38. The van der Waals surface area contributed by atoms with Gasteiger partial charge in [0.2, 0.25) is 0 Å². The average Bonchev–Trinajstić information content (AvgIpc) is 2.91. The van der Waals surface area contributed by atoms with Gasteiger partial charge in [-0.2, -0.15) is 0 Å². The lowest BCUT2D eigenvalue weighted by Gasteiger charge is -2.14. The second-order valence-electron chi connectivity index (χ2n) is 5.93. The molecule has 24 heavy (non-hydrogen) atoms. The predicted octanol–water partition coefficient (Wildman–Crippen LogP) is 2.22. The number of nitrogens with zero attached hydrogens (tertiary/aromatic N) is 2. The molecule has 0 aliphatic heterocycles. The Kier molecular flexibility index (Phi) is 3.50. The molecule has 5 nitrogen and oxygen atoms in total. The molecule has 120 valence electrons. The SMILES string of the molecule is CNCCCn1c2c(c3ccncc3c1=O)C(=O)c1ccccc1-2. The lowest BCUT2D eigenvalue weighted by molar-refractivity contribution is 0.104. The summed E-state index contributed by atoms with van der Waals surface area (Å²) in [7, 11) is 1.89. The fourth-order valence-electron chi connectivity index (χ4n) is 3.45. The van der Waals surface area contributed by atoms with E-state index >= 15 is 0 Å². The van der Waals surface area contributed by atoms with Crippen molar-refractivity contribution in [2.75, 3.05) is 13.6 Å². The van der Waals surface area contributed by atoms with Gasteiger partial charge in [0.15, 0.2) is 5.78 Å². The van der Waals surface area contributed by atoms with Gasteiger partial charge in [0.25, 0.3) is 5.56 Å². The van der Waals surface area contributed by atoms with Crippen molar-refractivity contribution >= 4 is 16.6 Å². The van der Waals surface area contributed by atoms with Gasteiger partial charge in [-0.25, -0.2) is 0 Å². The van der Waals surface area contributed by atoms with E-state index in [0.29, 0.717) is 28.4 Å². The number of pyridine rings is 2. The predicted molar refractivity (Wildman–Crippen MR) is 93.4 cm³/mol. The molecule has 3 aromatic rings. The zero-order chi connectivity index (χ0) is 16.7. The molecule has 5 heteroatoms. The van der Waals surface area contributed by atoms with E-state index in [9.17, 15) is 9.59 Å². The number of carbonyl (C=O) groups is 1. The molecule has 0 spiro atoms. The van der Waals surface area contributed by atoms with Crippen molar-refractivity contribution in [1.82, 2.24) is 14.9 Å². The maximum absolute atomic E-state index is 13.0. The van der Waals surface area contributed by atoms with Crippen LogP contribution in [-0.2, 0) is 6.54 Å². The minimum absolute atomic E-state index is 0.0147. The number of carbonyl (C=O) groups excluding carboxylic acids is 1. The van der Waals surface area contributed by atoms with Crippen LogP contribution in [0.2, 0.25) is 0 Å². The molecule has 4 rings (SSSR count). The van der Waals surface area contributed by atoms with Crippen LogP contribution in [0.5, 0.6) is 0 Å². The van der Waals surface area contributed by atoms with Crippen LogP contribution in [0.25, 0.3) is 22.0 Å². The molecule has 0 saturated carbocycles. The van der Waals surface area contributed by atoms with Crippen molar-refractivity contribution in [3.63, 3.8) is 0 Å². The molecule has 0 radical (unpaired) electrons. The van der Waals surface area contributed by atoms with Gasteiger partial charge in [-0.1, -0.05) is 24.3 Å². The van der Waals surface area contributed by atoms with Crippen LogP contribution in [0.15, 0.2) is 47.5 Å². The lowest BCUT2D eigenvalue weighted by Crippen LogP contribution is -2.25. The summed E-state index contributed by atoms with van der Waals surface area (Å²) >= 11 is 0. The minimum atomic E-state index is -0.0857. The number of benzene rings is 1. The van der Waals surface area contributed by atoms with Crippen LogP contribution < -0.4 is 10.9 Å². The Bertz CT molecular complexity index is 1020. The van der Waals surface area contributed by atoms with E-state index in [1.807, 2.05) is 31.3 Å². The maximum Gasteiger partial charge on any atom is 0.260 e. The Labute approximate surface area is 139 Å². The standard InChI is InChI=1S/C19H17N3O2/c1-20-8-4-10-22-17-13-5-2-3-6-14(13)18(23)16(17)12-7-9-21-11-15(12)19(22)24/h2-3,5-7,9,11,20H,4,8,10H2,1H3. The largest absolute Gasteiger partial charge is 0.320 e. The number of nitrogens with one attached hydrogen (secondary N) is 1. The van der Waals surface area contributed by atoms with Crippen molar-refractivity contribution in [2.24, 2.45) is 0 Å². The first kappa shape index (κ1) is 14.8. The maximum atomic E-state index is 13.0. The Hall–Kier alpha value is -2.79. The molecule has 2 heterocycles. The molecule has 0 fully saturated rings. The lowest BCUT2D eigenvalue weighted by atomic mass is 10.0. The summed E-state index contributed by atoms with van der Waals surface area (Å²) in [5.74, 6) is -0.0147. The molecule has 0 saturated heterocycles. The number of hydrogen-bond acceptors (Lipinski definition) is 4. The van der Waals surface area contributed by atoms with Gasteiger partial charge in [-0.05, 0) is 26.1 Å². The molecule has 2 aromatic heterocycles. The van der Waals surface area contributed by atoms with Gasteiger partial charge in [-0.3, -0.25) is 14.6 Å². The summed E-state index contributed by atoms with van der Waals surface area (Å²) in [6.07, 6.45) is 4.00. The van der Waals surface area contributed by atoms with Crippen LogP contribution in [0.1, 0.15) is 22.3 Å². The summed E-state index contributed by atoms with van der Waals surface area (Å²) in [5.41, 5.74) is 2.79. The van der Waals surface area contributed by atoms with E-state index in [-0.39, 0.29) is 11.3 Å². The molecule has 0 bridgehead atoms. The monoisotopic (exact) mass is 319 g/mol. The zero-order valence-corrected chi connectivity index (χ0v) is 13.4. The van der Waals surface area contributed by atoms with Gasteiger partial charge < -0.3 is 9.88 Å². The third-order valence-electron chi connectivity index (χ3n) is 4.54. The number of ketones is 1. The van der Waals surface area contributed by atoms with E-state index in [1.165, 1.54) is 0 Å². The highest BCUT2D eigenvalue weighted by molar-refractivity contribution is 6.26. The van der Waals surface area contributed by atoms with E-state index in [1.54, 1.807) is 23.0 Å². The van der Waals surface area contributed by atoms with Crippen LogP contribution in [-0.4, -0.2) is 28.9 Å². The third-order valence-corrected chi connectivity index (χ3v) is 4.54. The highest BCUT2D eigenvalue weighted by Gasteiger charge is 2.32. The normalized spacial score (nSPS) is 12.5. The molecule has 1 aromatic carbocycles. The number of aromatic nitrogens is 2. The third kappa shape index (κ3) is 2.02. The van der Waals surface area contributed by atoms with Crippen molar-refractivity contribution < 1.29 is 4.79 Å². The molecular formula is C19H17N3O2. The summed E-state index contributed by atoms with van der Waals surface area (Å²) in [5, 5.41) is 4.29. The van der Waals surface area contributed by atoms with Gasteiger partial charge in [0.1, 0.15) is 0 Å². The molecule has 1 N–H and O–H groups in total. The van der Waals surface area contributed by atoms with Crippen LogP contribution in [0.4, 0.5) is 0 Å². The highest BCUT2D eigenvalue weighted by atomic mass is 16.1. The molecule has 0 unspecified atom stereocenters. The van der Waals surface area contributed by atoms with Crippen LogP contribution >= 0.6 is 0 Å². The molecular weight excluding hydrogens is 302 g/mol. The van der Waals surface area contributed by atoms with Gasteiger partial charge in [0.05, 0.1) is 16.6 Å². The number of hydrogen-bond donors (Lipinski definition) is 1. The first-order valence-corrected chi connectivity index (χ1v) is 8.03. The van der Waals surface area contributed by atoms with Gasteiger partial charge in [-0.15, -0.1) is 0 Å². The fraction of sp³-hybridized carbons (Fsp3) is 0.211. The summed E-state index contributed by atoms with van der Waals surface area (Å²) in [6, 6.07) is 9.26. The van der Waals surface area contributed by atoms with E-state index in [0.717, 1.165) is 24.2 Å². The molecule has 0 atom stereocenters. The summed E-state index contributed by atoms with van der Waals surface area (Å²) in [6.45, 7) is 1.37. The minimum Gasteiger partial charge on any atom is -0.320 e. The van der Waals surface area contributed by atoms with Crippen LogP contribution in [0, 0.1) is 0 Å². The van der Waals surface area contributed by atoms with Crippen molar-refractivity contribution in [3.8, 4) is 11.3 Å². The Balaban J connectivity index is 2.07.